The van der Waals surface area contributed by atoms with Crippen LogP contribution in [0.3, 0.4) is 0 Å². The topological polar surface area (TPSA) is 52.1 Å². The van der Waals surface area contributed by atoms with E-state index in [1.165, 1.54) is 51.6 Å². The molecule has 164 valence electrons. The lowest BCUT2D eigenvalue weighted by atomic mass is 9.89. The van der Waals surface area contributed by atoms with Crippen LogP contribution in [0.5, 0.6) is 0 Å². The van der Waals surface area contributed by atoms with Crippen molar-refractivity contribution in [1.29, 1.82) is 0 Å². The Labute approximate surface area is 189 Å². The maximum Gasteiger partial charge on any atom is 0.191 e. The first-order chi connectivity index (χ1) is 13.1. The molecule has 3 aliphatic rings. The molecule has 3 rings (SSSR count). The maximum atomic E-state index is 5.59. The molecule has 28 heavy (non-hydrogen) atoms. The Hall–Kier alpha value is -0.120. The van der Waals surface area contributed by atoms with Crippen molar-refractivity contribution < 1.29 is 4.74 Å². The lowest BCUT2D eigenvalue weighted by Gasteiger charge is -2.42. The first-order valence-electron chi connectivity index (χ1n) is 11.2. The monoisotopic (exact) mass is 507 g/mol. The summed E-state index contributed by atoms with van der Waals surface area (Å²) in [6, 6.07) is 1.41. The van der Waals surface area contributed by atoms with Gasteiger partial charge in [0.25, 0.3) is 0 Å². The average molecular weight is 508 g/mol. The van der Waals surface area contributed by atoms with Gasteiger partial charge in [-0.3, -0.25) is 4.99 Å². The first kappa shape index (κ1) is 24.2. The number of nitrogens with zero attached hydrogens (tertiary/aromatic N) is 3. The highest BCUT2D eigenvalue weighted by Crippen LogP contribution is 2.27. The third kappa shape index (κ3) is 6.44. The summed E-state index contributed by atoms with van der Waals surface area (Å²) in [4.78, 5) is 10.1. The molecule has 0 atom stereocenters. The molecule has 0 radical (unpaired) electrons. The second-order valence-electron chi connectivity index (χ2n) is 8.82. The van der Waals surface area contributed by atoms with Gasteiger partial charge < -0.3 is 25.2 Å². The quantitative estimate of drug-likeness (QED) is 0.329. The van der Waals surface area contributed by atoms with Crippen molar-refractivity contribution in [2.45, 2.75) is 75.9 Å². The summed E-state index contributed by atoms with van der Waals surface area (Å²) in [6.07, 6.45) is 10.3. The normalized spacial score (nSPS) is 24.9. The smallest absolute Gasteiger partial charge is 0.191 e. The number of guanidine groups is 1. The van der Waals surface area contributed by atoms with Gasteiger partial charge in [-0.25, -0.2) is 0 Å². The van der Waals surface area contributed by atoms with Gasteiger partial charge in [-0.05, 0) is 59.5 Å². The molecule has 2 N–H and O–H groups in total. The fourth-order valence-corrected chi connectivity index (χ4v) is 4.92. The minimum atomic E-state index is 0. The number of hydrogen-bond donors (Lipinski definition) is 2. The zero-order valence-electron chi connectivity index (χ0n) is 18.2. The third-order valence-electron chi connectivity index (χ3n) is 6.96. The summed E-state index contributed by atoms with van der Waals surface area (Å²) < 4.78 is 5.59. The van der Waals surface area contributed by atoms with E-state index in [2.05, 4.69) is 41.5 Å². The molecule has 7 heteroatoms. The van der Waals surface area contributed by atoms with Crippen molar-refractivity contribution in [3.05, 3.63) is 0 Å². The Bertz CT molecular complexity index is 467. The standard InChI is InChI=1S/C21H41N5O.HI/c1-4-22-20(23-17-21(25(2)3)11-15-27-16-12-21)24-18-9-13-26(14-10-18)19-7-5-6-8-19;/h18-19H,4-17H2,1-3H3,(H2,22,23,24);1H. The van der Waals surface area contributed by atoms with E-state index in [4.69, 9.17) is 9.73 Å². The molecule has 2 aliphatic heterocycles. The van der Waals surface area contributed by atoms with Crippen LogP contribution >= 0.6 is 24.0 Å². The number of halogens is 1. The SMILES string of the molecule is CCNC(=NCC1(N(C)C)CCOCC1)NC1CCN(C2CCCC2)CC1.I. The molecule has 0 amide bonds. The van der Waals surface area contributed by atoms with Crippen LogP contribution in [0.4, 0.5) is 0 Å². The molecule has 1 aliphatic carbocycles. The van der Waals surface area contributed by atoms with Gasteiger partial charge in [-0.2, -0.15) is 0 Å². The summed E-state index contributed by atoms with van der Waals surface area (Å²) in [7, 11) is 4.36. The molecule has 0 spiro atoms. The van der Waals surface area contributed by atoms with Crippen LogP contribution in [0.1, 0.15) is 58.3 Å². The van der Waals surface area contributed by atoms with Gasteiger partial charge in [0.1, 0.15) is 0 Å². The van der Waals surface area contributed by atoms with Gasteiger partial charge in [0.2, 0.25) is 0 Å². The molecule has 1 saturated carbocycles. The fraction of sp³-hybridized carbons (Fsp3) is 0.952. The van der Waals surface area contributed by atoms with E-state index in [9.17, 15) is 0 Å². The minimum Gasteiger partial charge on any atom is -0.381 e. The van der Waals surface area contributed by atoms with Crippen LogP contribution in [0.15, 0.2) is 4.99 Å². The Balaban J connectivity index is 0.00000280. The van der Waals surface area contributed by atoms with Crippen molar-refractivity contribution in [2.75, 3.05) is 53.5 Å². The first-order valence-corrected chi connectivity index (χ1v) is 11.2. The second-order valence-corrected chi connectivity index (χ2v) is 8.82. The molecule has 2 heterocycles. The fourth-order valence-electron chi connectivity index (χ4n) is 4.92. The Morgan fingerprint density at radius 2 is 1.75 bits per heavy atom. The van der Waals surface area contributed by atoms with Crippen LogP contribution in [-0.4, -0.2) is 86.9 Å². The van der Waals surface area contributed by atoms with E-state index in [1.54, 1.807) is 0 Å². The summed E-state index contributed by atoms with van der Waals surface area (Å²) in [5, 5.41) is 7.19. The lowest BCUT2D eigenvalue weighted by Crippen LogP contribution is -2.53. The molecule has 0 aromatic carbocycles. The lowest BCUT2D eigenvalue weighted by molar-refractivity contribution is -0.00256. The number of likely N-dealkylation sites (N-methyl/N-ethyl adjacent to an activating group) is 1. The van der Waals surface area contributed by atoms with Gasteiger partial charge >= 0.3 is 0 Å². The molecular formula is C21H42IN5O. The van der Waals surface area contributed by atoms with Crippen molar-refractivity contribution >= 4 is 29.9 Å². The van der Waals surface area contributed by atoms with Gasteiger partial charge in [-0.1, -0.05) is 12.8 Å². The molecule has 2 saturated heterocycles. The predicted molar refractivity (Wildman–Crippen MR) is 128 cm³/mol. The van der Waals surface area contributed by atoms with Crippen molar-refractivity contribution in [3.63, 3.8) is 0 Å². The number of likely N-dealkylation sites (tertiary alicyclic amines) is 1. The zero-order chi connectivity index (χ0) is 19.1. The summed E-state index contributed by atoms with van der Waals surface area (Å²) >= 11 is 0. The third-order valence-corrected chi connectivity index (χ3v) is 6.96. The van der Waals surface area contributed by atoms with Crippen molar-refractivity contribution in [3.8, 4) is 0 Å². The van der Waals surface area contributed by atoms with Crippen molar-refractivity contribution in [2.24, 2.45) is 4.99 Å². The zero-order valence-corrected chi connectivity index (χ0v) is 20.5. The number of hydrogen-bond acceptors (Lipinski definition) is 4. The van der Waals surface area contributed by atoms with Gasteiger partial charge in [0, 0.05) is 50.5 Å². The van der Waals surface area contributed by atoms with E-state index in [-0.39, 0.29) is 29.5 Å². The predicted octanol–water partition coefficient (Wildman–Crippen LogP) is 2.68. The number of piperidine rings is 1. The number of ether oxygens (including phenoxy) is 1. The van der Waals surface area contributed by atoms with E-state index < -0.39 is 0 Å². The molecule has 0 bridgehead atoms. The van der Waals surface area contributed by atoms with Crippen LogP contribution in [0.25, 0.3) is 0 Å². The van der Waals surface area contributed by atoms with Gasteiger partial charge in [0.05, 0.1) is 6.54 Å². The molecule has 0 unspecified atom stereocenters. The highest BCUT2D eigenvalue weighted by molar-refractivity contribution is 14.0. The summed E-state index contributed by atoms with van der Waals surface area (Å²) in [6.45, 7) is 8.05. The second kappa shape index (κ2) is 11.9. The van der Waals surface area contributed by atoms with E-state index in [1.807, 2.05) is 0 Å². The Morgan fingerprint density at radius 1 is 1.11 bits per heavy atom. The summed E-state index contributed by atoms with van der Waals surface area (Å²) in [5.74, 6) is 0.990. The molecule has 0 aromatic heterocycles. The molecule has 0 aromatic rings. The van der Waals surface area contributed by atoms with E-state index in [0.717, 1.165) is 51.1 Å². The van der Waals surface area contributed by atoms with Crippen molar-refractivity contribution in [1.82, 2.24) is 20.4 Å². The molecular weight excluding hydrogens is 465 g/mol. The molecule has 3 fully saturated rings. The molecule has 6 nitrogen and oxygen atoms in total. The number of aliphatic imine (C=N–C) groups is 1. The highest BCUT2D eigenvalue weighted by Gasteiger charge is 2.35. The maximum absolute atomic E-state index is 5.59. The van der Waals surface area contributed by atoms with Crippen LogP contribution in [-0.2, 0) is 4.74 Å². The van der Waals surface area contributed by atoms with Gasteiger partial charge in [0.15, 0.2) is 5.96 Å². The van der Waals surface area contributed by atoms with Crippen LogP contribution in [0, 0.1) is 0 Å². The average Bonchev–Trinajstić information content (AvgIpc) is 3.22. The summed E-state index contributed by atoms with van der Waals surface area (Å²) in [5.41, 5.74) is 0.131. The highest BCUT2D eigenvalue weighted by atomic mass is 127. The van der Waals surface area contributed by atoms with Crippen LogP contribution < -0.4 is 10.6 Å². The van der Waals surface area contributed by atoms with Crippen LogP contribution in [0.2, 0.25) is 0 Å². The largest absolute Gasteiger partial charge is 0.381 e. The Morgan fingerprint density at radius 3 is 2.32 bits per heavy atom. The van der Waals surface area contributed by atoms with E-state index >= 15 is 0 Å². The van der Waals surface area contributed by atoms with E-state index in [0.29, 0.717) is 6.04 Å². The number of rotatable bonds is 6. The van der Waals surface area contributed by atoms with Gasteiger partial charge in [-0.15, -0.1) is 24.0 Å². The number of nitrogens with one attached hydrogen (secondary N) is 2. The minimum absolute atomic E-state index is 0. The Kier molecular flexibility index (Phi) is 10.3.